The zero-order valence-electron chi connectivity index (χ0n) is 7.44. The van der Waals surface area contributed by atoms with E-state index >= 15 is 0 Å². The molecule has 0 heterocycles. The Hall–Kier alpha value is -0.0400. The third kappa shape index (κ3) is 7.96. The van der Waals surface area contributed by atoms with Crippen molar-refractivity contribution in [2.45, 2.75) is 47.1 Å². The van der Waals surface area contributed by atoms with Crippen molar-refractivity contribution in [1.29, 1.82) is 0 Å². The first-order valence-corrected chi connectivity index (χ1v) is 3.94. The highest BCUT2D eigenvalue weighted by molar-refractivity contribution is 4.60. The summed E-state index contributed by atoms with van der Waals surface area (Å²) in [5.74, 6) is 0.644. The molecule has 0 aromatic carbocycles. The first kappa shape index (κ1) is 11.7. The smallest absolute Gasteiger partial charge is 0.00592 e. The van der Waals surface area contributed by atoms with Gasteiger partial charge in [0.25, 0.3) is 0 Å². The maximum atomic E-state index is 5.62. The van der Waals surface area contributed by atoms with Crippen LogP contribution in [-0.4, -0.2) is 6.04 Å². The molecule has 0 aliphatic heterocycles. The van der Waals surface area contributed by atoms with Gasteiger partial charge in [-0.1, -0.05) is 34.6 Å². The molecule has 0 aliphatic carbocycles. The van der Waals surface area contributed by atoms with E-state index in [4.69, 9.17) is 5.73 Å². The van der Waals surface area contributed by atoms with Crippen molar-refractivity contribution >= 4 is 0 Å². The molecule has 0 aliphatic rings. The van der Waals surface area contributed by atoms with Crippen molar-refractivity contribution in [3.63, 3.8) is 0 Å². The lowest BCUT2D eigenvalue weighted by atomic mass is 10.0. The molecule has 0 aromatic rings. The Bertz CT molecular complexity index is 41.8. The minimum atomic E-state index is 0.403. The fourth-order valence-electron chi connectivity index (χ4n) is 0.471. The summed E-state index contributed by atoms with van der Waals surface area (Å²) in [4.78, 5) is 0. The van der Waals surface area contributed by atoms with E-state index < -0.39 is 0 Å². The molecule has 58 valence electrons. The lowest BCUT2D eigenvalue weighted by Crippen LogP contribution is -2.24. The molecule has 0 rings (SSSR count). The molecule has 0 bridgehead atoms. The van der Waals surface area contributed by atoms with Gasteiger partial charge in [0.2, 0.25) is 0 Å². The summed E-state index contributed by atoms with van der Waals surface area (Å²) in [5.41, 5.74) is 5.62. The molecular formula is C8H21N. The second-order valence-electron chi connectivity index (χ2n) is 2.32. The van der Waals surface area contributed by atoms with E-state index in [0.717, 1.165) is 6.42 Å². The third-order valence-corrected chi connectivity index (χ3v) is 1.33. The summed E-state index contributed by atoms with van der Waals surface area (Å²) in [7, 11) is 0. The van der Waals surface area contributed by atoms with Gasteiger partial charge in [-0.15, -0.1) is 0 Å². The van der Waals surface area contributed by atoms with Crippen molar-refractivity contribution in [1.82, 2.24) is 0 Å². The highest BCUT2D eigenvalue weighted by Crippen LogP contribution is 1.99. The quantitative estimate of drug-likeness (QED) is 0.612. The van der Waals surface area contributed by atoms with Crippen LogP contribution in [0.15, 0.2) is 0 Å². The lowest BCUT2D eigenvalue weighted by Gasteiger charge is -2.10. The molecule has 1 unspecified atom stereocenters. The van der Waals surface area contributed by atoms with Crippen LogP contribution in [0.1, 0.15) is 41.0 Å². The minimum Gasteiger partial charge on any atom is -0.327 e. The maximum Gasteiger partial charge on any atom is 0.00592 e. The highest BCUT2D eigenvalue weighted by Gasteiger charge is 2.01. The maximum absolute atomic E-state index is 5.62. The second kappa shape index (κ2) is 7.96. The van der Waals surface area contributed by atoms with E-state index in [1.54, 1.807) is 0 Å². The Balaban J connectivity index is 0. The van der Waals surface area contributed by atoms with Gasteiger partial charge < -0.3 is 5.73 Å². The monoisotopic (exact) mass is 131 g/mol. The Morgan fingerprint density at radius 3 is 1.56 bits per heavy atom. The van der Waals surface area contributed by atoms with Crippen LogP contribution < -0.4 is 5.73 Å². The van der Waals surface area contributed by atoms with Gasteiger partial charge in [-0.05, 0) is 12.3 Å². The molecule has 2 N–H and O–H groups in total. The average molecular weight is 131 g/mol. The Labute approximate surface area is 59.6 Å². The highest BCUT2D eigenvalue weighted by atomic mass is 14.6. The van der Waals surface area contributed by atoms with Crippen LogP contribution in [0.3, 0.4) is 0 Å². The fourth-order valence-corrected chi connectivity index (χ4v) is 0.471. The molecule has 9 heavy (non-hydrogen) atoms. The van der Waals surface area contributed by atoms with Crippen molar-refractivity contribution in [2.24, 2.45) is 11.7 Å². The summed E-state index contributed by atoms with van der Waals surface area (Å²) in [6.07, 6.45) is 1.09. The summed E-state index contributed by atoms with van der Waals surface area (Å²) in [6, 6.07) is 0.403. The SMILES string of the molecule is CC.CCC(N)C(C)C. The largest absolute Gasteiger partial charge is 0.327 e. The van der Waals surface area contributed by atoms with E-state index in [9.17, 15) is 0 Å². The van der Waals surface area contributed by atoms with E-state index in [0.29, 0.717) is 12.0 Å². The number of hydrogen-bond acceptors (Lipinski definition) is 1. The molecule has 0 aromatic heterocycles. The van der Waals surface area contributed by atoms with Crippen LogP contribution in [0.5, 0.6) is 0 Å². The van der Waals surface area contributed by atoms with Crippen LogP contribution in [0.25, 0.3) is 0 Å². The first-order valence-electron chi connectivity index (χ1n) is 3.94. The van der Waals surface area contributed by atoms with Crippen molar-refractivity contribution < 1.29 is 0 Å². The molecule has 0 saturated carbocycles. The van der Waals surface area contributed by atoms with Crippen molar-refractivity contribution in [2.75, 3.05) is 0 Å². The van der Waals surface area contributed by atoms with E-state index in [1.165, 1.54) is 0 Å². The Kier molecular flexibility index (Phi) is 10.4. The number of hydrogen-bond donors (Lipinski definition) is 1. The molecule has 1 nitrogen and oxygen atoms in total. The van der Waals surface area contributed by atoms with Crippen LogP contribution in [0.2, 0.25) is 0 Å². The predicted octanol–water partition coefficient (Wildman–Crippen LogP) is 2.41. The van der Waals surface area contributed by atoms with Gasteiger partial charge in [0.1, 0.15) is 0 Å². The van der Waals surface area contributed by atoms with Gasteiger partial charge in [-0.25, -0.2) is 0 Å². The molecule has 1 atom stereocenters. The fraction of sp³-hybridized carbons (Fsp3) is 1.00. The zero-order chi connectivity index (χ0) is 7.86. The molecule has 0 saturated heterocycles. The van der Waals surface area contributed by atoms with E-state index in [1.807, 2.05) is 13.8 Å². The predicted molar refractivity (Wildman–Crippen MR) is 44.5 cm³/mol. The van der Waals surface area contributed by atoms with Gasteiger partial charge in [-0.3, -0.25) is 0 Å². The van der Waals surface area contributed by atoms with Crippen molar-refractivity contribution in [3.05, 3.63) is 0 Å². The normalized spacial score (nSPS) is 12.3. The molecule has 1 heteroatoms. The van der Waals surface area contributed by atoms with Gasteiger partial charge in [0.15, 0.2) is 0 Å². The topological polar surface area (TPSA) is 26.0 Å². The molecule has 0 radical (unpaired) electrons. The minimum absolute atomic E-state index is 0.403. The number of nitrogens with two attached hydrogens (primary N) is 1. The molecular weight excluding hydrogens is 110 g/mol. The second-order valence-corrected chi connectivity index (χ2v) is 2.32. The summed E-state index contributed by atoms with van der Waals surface area (Å²) >= 11 is 0. The first-order chi connectivity index (χ1) is 4.18. The zero-order valence-corrected chi connectivity index (χ0v) is 7.44. The third-order valence-electron chi connectivity index (χ3n) is 1.33. The van der Waals surface area contributed by atoms with Crippen LogP contribution in [0.4, 0.5) is 0 Å². The Morgan fingerprint density at radius 1 is 1.22 bits per heavy atom. The molecule has 0 spiro atoms. The van der Waals surface area contributed by atoms with Gasteiger partial charge in [0, 0.05) is 6.04 Å². The van der Waals surface area contributed by atoms with Crippen LogP contribution >= 0.6 is 0 Å². The van der Waals surface area contributed by atoms with Gasteiger partial charge >= 0.3 is 0 Å². The molecule has 0 fully saturated rings. The summed E-state index contributed by atoms with van der Waals surface area (Å²) < 4.78 is 0. The van der Waals surface area contributed by atoms with E-state index in [-0.39, 0.29) is 0 Å². The standard InChI is InChI=1S/C6H15N.C2H6/c1-4-6(7)5(2)3;1-2/h5-6H,4,7H2,1-3H3;1-2H3. The van der Waals surface area contributed by atoms with Crippen LogP contribution in [0, 0.1) is 5.92 Å². The summed E-state index contributed by atoms with van der Waals surface area (Å²) in [6.45, 7) is 10.4. The van der Waals surface area contributed by atoms with E-state index in [2.05, 4.69) is 20.8 Å². The lowest BCUT2D eigenvalue weighted by molar-refractivity contribution is 0.481. The van der Waals surface area contributed by atoms with Crippen LogP contribution in [-0.2, 0) is 0 Å². The van der Waals surface area contributed by atoms with Gasteiger partial charge in [0.05, 0.1) is 0 Å². The van der Waals surface area contributed by atoms with Gasteiger partial charge in [-0.2, -0.15) is 0 Å². The Morgan fingerprint density at radius 2 is 1.56 bits per heavy atom. The average Bonchev–Trinajstić information content (AvgIpc) is 1.91. The number of rotatable bonds is 2. The molecule has 0 amide bonds. The van der Waals surface area contributed by atoms with Crippen molar-refractivity contribution in [3.8, 4) is 0 Å². The summed E-state index contributed by atoms with van der Waals surface area (Å²) in [5, 5.41) is 0.